The van der Waals surface area contributed by atoms with Crippen molar-refractivity contribution >= 4 is 15.9 Å². The highest BCUT2D eigenvalue weighted by Crippen LogP contribution is 2.04. The second kappa shape index (κ2) is 3.82. The summed E-state index contributed by atoms with van der Waals surface area (Å²) < 4.78 is 4.73. The van der Waals surface area contributed by atoms with Crippen LogP contribution in [0.15, 0.2) is 9.32 Å². The van der Waals surface area contributed by atoms with Crippen LogP contribution in [0.2, 0.25) is 0 Å². The van der Waals surface area contributed by atoms with Gasteiger partial charge in [0.05, 0.1) is 0 Å². The van der Waals surface area contributed by atoms with Gasteiger partial charge in [-0.2, -0.15) is 4.98 Å². The molecular formula is C6H10BrN3O. The summed E-state index contributed by atoms with van der Waals surface area (Å²) >= 11 is 3.09. The highest BCUT2D eigenvalue weighted by atomic mass is 79.9. The van der Waals surface area contributed by atoms with Gasteiger partial charge in [-0.15, -0.1) is 0 Å². The molecule has 0 aromatic carbocycles. The molecule has 5 heteroatoms. The van der Waals surface area contributed by atoms with E-state index in [1.165, 1.54) is 0 Å². The minimum Gasteiger partial charge on any atom is -0.327 e. The van der Waals surface area contributed by atoms with E-state index in [-0.39, 0.29) is 0 Å². The van der Waals surface area contributed by atoms with Gasteiger partial charge in [0, 0.05) is 28.9 Å². The number of nitrogens with zero attached hydrogens (tertiary/aromatic N) is 3. The third-order valence-electron chi connectivity index (χ3n) is 1.23. The zero-order valence-electron chi connectivity index (χ0n) is 6.54. The fourth-order valence-corrected chi connectivity index (χ4v) is 0.935. The normalized spacial score (nSPS) is 10.9. The summed E-state index contributed by atoms with van der Waals surface area (Å²) in [5.41, 5.74) is 0. The molecule has 0 unspecified atom stereocenters. The first kappa shape index (κ1) is 8.67. The van der Waals surface area contributed by atoms with Crippen LogP contribution in [0.5, 0.6) is 0 Å². The van der Waals surface area contributed by atoms with Crippen LogP contribution < -0.4 is 0 Å². The van der Waals surface area contributed by atoms with Gasteiger partial charge < -0.3 is 9.42 Å². The van der Waals surface area contributed by atoms with Crippen molar-refractivity contribution in [2.45, 2.75) is 6.42 Å². The van der Waals surface area contributed by atoms with Crippen LogP contribution >= 0.6 is 15.9 Å². The molecule has 1 aromatic heterocycles. The number of rotatable bonds is 3. The van der Waals surface area contributed by atoms with Crippen molar-refractivity contribution in [1.82, 2.24) is 15.0 Å². The molecule has 0 aliphatic carbocycles. The van der Waals surface area contributed by atoms with E-state index >= 15 is 0 Å². The molecule has 0 aliphatic rings. The van der Waals surface area contributed by atoms with Crippen molar-refractivity contribution in [2.75, 3.05) is 20.6 Å². The molecule has 0 amide bonds. The zero-order chi connectivity index (χ0) is 8.27. The molecular weight excluding hydrogens is 210 g/mol. The van der Waals surface area contributed by atoms with Crippen molar-refractivity contribution in [3.63, 3.8) is 0 Å². The van der Waals surface area contributed by atoms with E-state index in [2.05, 4.69) is 31.0 Å². The van der Waals surface area contributed by atoms with Crippen LogP contribution in [0.4, 0.5) is 0 Å². The summed E-state index contributed by atoms with van der Waals surface area (Å²) in [5.74, 6) is 0.741. The number of hydrogen-bond donors (Lipinski definition) is 0. The molecule has 0 fully saturated rings. The van der Waals surface area contributed by atoms with E-state index in [9.17, 15) is 0 Å². The maximum Gasteiger partial charge on any atom is 0.293 e. The van der Waals surface area contributed by atoms with E-state index in [1.54, 1.807) is 0 Å². The van der Waals surface area contributed by atoms with E-state index in [1.807, 2.05) is 14.1 Å². The second-order valence-electron chi connectivity index (χ2n) is 2.52. The third-order valence-corrected chi connectivity index (χ3v) is 1.55. The Labute approximate surface area is 73.7 Å². The summed E-state index contributed by atoms with van der Waals surface area (Å²) in [6.45, 7) is 0.936. The first-order valence-electron chi connectivity index (χ1n) is 3.31. The molecule has 0 spiro atoms. The Bertz CT molecular complexity index is 223. The SMILES string of the molecule is CN(C)CCc1noc(Br)n1. The molecule has 0 saturated heterocycles. The Morgan fingerprint density at radius 1 is 1.55 bits per heavy atom. The van der Waals surface area contributed by atoms with Crippen molar-refractivity contribution in [2.24, 2.45) is 0 Å². The minimum absolute atomic E-state index is 0.450. The van der Waals surface area contributed by atoms with Crippen molar-refractivity contribution < 1.29 is 4.52 Å². The molecule has 0 radical (unpaired) electrons. The predicted octanol–water partition coefficient (Wildman–Crippen LogP) is 0.936. The lowest BCUT2D eigenvalue weighted by molar-refractivity contribution is 0.377. The maximum atomic E-state index is 4.73. The summed E-state index contributed by atoms with van der Waals surface area (Å²) in [4.78, 5) is 6.52. The molecule has 4 nitrogen and oxygen atoms in total. The van der Waals surface area contributed by atoms with Gasteiger partial charge in [-0.3, -0.25) is 0 Å². The monoisotopic (exact) mass is 219 g/mol. The molecule has 1 rings (SSSR count). The molecule has 0 saturated carbocycles. The molecule has 0 bridgehead atoms. The Balaban J connectivity index is 2.39. The van der Waals surface area contributed by atoms with Crippen molar-refractivity contribution in [3.05, 3.63) is 10.6 Å². The molecule has 0 atom stereocenters. The lowest BCUT2D eigenvalue weighted by Crippen LogP contribution is -2.15. The summed E-state index contributed by atoms with van der Waals surface area (Å²) in [5, 5.41) is 3.73. The first-order valence-corrected chi connectivity index (χ1v) is 4.10. The average molecular weight is 220 g/mol. The van der Waals surface area contributed by atoms with E-state index in [0.29, 0.717) is 4.80 Å². The summed E-state index contributed by atoms with van der Waals surface area (Å²) in [6.07, 6.45) is 0.822. The number of halogens is 1. The van der Waals surface area contributed by atoms with E-state index in [0.717, 1.165) is 18.8 Å². The summed E-state index contributed by atoms with van der Waals surface area (Å²) in [6, 6.07) is 0. The van der Waals surface area contributed by atoms with Crippen LogP contribution in [0, 0.1) is 0 Å². The van der Waals surface area contributed by atoms with Crippen molar-refractivity contribution in [1.29, 1.82) is 0 Å². The molecule has 1 heterocycles. The van der Waals surface area contributed by atoms with Crippen LogP contribution in [-0.4, -0.2) is 35.7 Å². The average Bonchev–Trinajstić information content (AvgIpc) is 2.31. The lowest BCUT2D eigenvalue weighted by atomic mass is 10.4. The standard InChI is InChI=1S/C6H10BrN3O/c1-10(2)4-3-5-8-6(7)11-9-5/h3-4H2,1-2H3. The topological polar surface area (TPSA) is 42.2 Å². The van der Waals surface area contributed by atoms with Gasteiger partial charge in [-0.1, -0.05) is 5.16 Å². The molecule has 62 valence electrons. The van der Waals surface area contributed by atoms with E-state index in [4.69, 9.17) is 4.52 Å². The fourth-order valence-electron chi connectivity index (χ4n) is 0.658. The van der Waals surface area contributed by atoms with Gasteiger partial charge in [0.25, 0.3) is 4.80 Å². The quantitative estimate of drug-likeness (QED) is 0.760. The van der Waals surface area contributed by atoms with Gasteiger partial charge >= 0.3 is 0 Å². The molecule has 1 aromatic rings. The molecule has 0 aliphatic heterocycles. The highest BCUT2D eigenvalue weighted by molar-refractivity contribution is 9.10. The lowest BCUT2D eigenvalue weighted by Gasteiger charge is -2.05. The molecule has 11 heavy (non-hydrogen) atoms. The zero-order valence-corrected chi connectivity index (χ0v) is 8.13. The first-order chi connectivity index (χ1) is 5.18. The van der Waals surface area contributed by atoms with Gasteiger partial charge in [-0.25, -0.2) is 0 Å². The van der Waals surface area contributed by atoms with Crippen molar-refractivity contribution in [3.8, 4) is 0 Å². The van der Waals surface area contributed by atoms with Crippen LogP contribution in [-0.2, 0) is 6.42 Å². The number of aromatic nitrogens is 2. The van der Waals surface area contributed by atoms with Crippen LogP contribution in [0.25, 0.3) is 0 Å². The second-order valence-corrected chi connectivity index (χ2v) is 3.20. The number of likely N-dealkylation sites (N-methyl/N-ethyl adjacent to an activating group) is 1. The van der Waals surface area contributed by atoms with E-state index < -0.39 is 0 Å². The Morgan fingerprint density at radius 3 is 2.73 bits per heavy atom. The Morgan fingerprint density at radius 2 is 2.27 bits per heavy atom. The number of hydrogen-bond acceptors (Lipinski definition) is 4. The van der Waals surface area contributed by atoms with Gasteiger partial charge in [-0.05, 0) is 14.1 Å². The maximum absolute atomic E-state index is 4.73. The smallest absolute Gasteiger partial charge is 0.293 e. The van der Waals surface area contributed by atoms with Crippen LogP contribution in [0.1, 0.15) is 5.82 Å². The fraction of sp³-hybridized carbons (Fsp3) is 0.667. The minimum atomic E-state index is 0.450. The van der Waals surface area contributed by atoms with Crippen LogP contribution in [0.3, 0.4) is 0 Å². The third kappa shape index (κ3) is 2.98. The van der Waals surface area contributed by atoms with Gasteiger partial charge in [0.2, 0.25) is 0 Å². The highest BCUT2D eigenvalue weighted by Gasteiger charge is 2.02. The molecule has 0 N–H and O–H groups in total. The summed E-state index contributed by atoms with van der Waals surface area (Å²) in [7, 11) is 4.02. The van der Waals surface area contributed by atoms with Gasteiger partial charge in [0.1, 0.15) is 0 Å². The van der Waals surface area contributed by atoms with Gasteiger partial charge in [0.15, 0.2) is 5.82 Å². The largest absolute Gasteiger partial charge is 0.327 e. The predicted molar refractivity (Wildman–Crippen MR) is 44.3 cm³/mol. The Hall–Kier alpha value is -0.420. The Kier molecular flexibility index (Phi) is 3.02.